The minimum Gasteiger partial charge on any atom is -1.00 e. The Hall–Kier alpha value is -0.790. The molecule has 4 heteroatoms. The number of hydrogen-bond donors (Lipinski definition) is 0. The van der Waals surface area contributed by atoms with Gasteiger partial charge in [-0.05, 0) is 16.3 Å². The molecule has 0 aliphatic heterocycles. The van der Waals surface area contributed by atoms with Gasteiger partial charge in [0, 0.05) is 0 Å². The van der Waals surface area contributed by atoms with Crippen LogP contribution in [0.15, 0.2) is 78.9 Å². The number of hydrogen-bond acceptors (Lipinski definition) is 0. The fraction of sp³-hybridized carbons (Fsp3) is 0.0952. The minimum atomic E-state index is 0. The summed E-state index contributed by atoms with van der Waals surface area (Å²) in [6.07, 6.45) is 0. The molecular weight excluding hydrogens is 442 g/mol. The zero-order valence-electron chi connectivity index (χ0n) is 14.3. The molecule has 4 rings (SSSR count). The van der Waals surface area contributed by atoms with Crippen LogP contribution in [-0.2, 0) is 23.3 Å². The van der Waals surface area contributed by atoms with Crippen LogP contribution in [0.4, 0.5) is 0 Å². The van der Waals surface area contributed by atoms with E-state index in [9.17, 15) is 0 Å². The fourth-order valence-corrected chi connectivity index (χ4v) is 2.86. The Morgan fingerprint density at radius 2 is 1.28 bits per heavy atom. The summed E-state index contributed by atoms with van der Waals surface area (Å²) in [5, 5.41) is 5.26. The molecule has 0 aliphatic rings. The molecule has 4 aromatic carbocycles. The molecule has 0 saturated heterocycles. The van der Waals surface area contributed by atoms with Crippen molar-refractivity contribution >= 4 is 27.0 Å². The Bertz CT molecular complexity index is 966. The van der Waals surface area contributed by atoms with Gasteiger partial charge in [0.2, 0.25) is 0 Å². The van der Waals surface area contributed by atoms with Crippen LogP contribution in [0, 0.1) is 0 Å². The van der Waals surface area contributed by atoms with Gasteiger partial charge in [-0.2, -0.15) is 12.1 Å². The van der Waals surface area contributed by atoms with Gasteiger partial charge in [0.15, 0.2) is 0 Å². The summed E-state index contributed by atoms with van der Waals surface area (Å²) in [7, 11) is 0. The quantitative estimate of drug-likeness (QED) is 0.280. The Morgan fingerprint density at radius 1 is 0.720 bits per heavy atom. The number of benzene rings is 3. The second-order valence-electron chi connectivity index (χ2n) is 5.86. The van der Waals surface area contributed by atoms with E-state index >= 15 is 0 Å². The smallest absolute Gasteiger partial charge is 0.0114 e. The first-order valence-electron chi connectivity index (χ1n) is 7.81. The Kier molecular flexibility index (Phi) is 9.24. The molecule has 0 spiro atoms. The molecular formula is C21H19Cl2SiZr-. The van der Waals surface area contributed by atoms with E-state index in [1.54, 1.807) is 23.3 Å². The molecule has 0 nitrogen and oxygen atoms in total. The third-order valence-corrected chi connectivity index (χ3v) is 3.76. The van der Waals surface area contributed by atoms with Crippen LogP contribution in [0.5, 0.6) is 0 Å². The fourth-order valence-electron chi connectivity index (χ4n) is 2.86. The minimum absolute atomic E-state index is 0. The Morgan fingerprint density at radius 3 is 2.00 bits per heavy atom. The van der Waals surface area contributed by atoms with Crippen molar-refractivity contribution in [2.75, 3.05) is 0 Å². The molecule has 0 saturated carbocycles. The molecule has 0 fully saturated rings. The average Bonchev–Trinajstić information content (AvgIpc) is 3.02. The van der Waals surface area contributed by atoms with Crippen molar-refractivity contribution in [2.24, 2.45) is 0 Å². The second kappa shape index (κ2) is 10.4. The molecule has 126 valence electrons. The molecule has 0 aromatic heterocycles. The zero-order chi connectivity index (χ0) is 16.2. The molecule has 0 N–H and O–H groups in total. The van der Waals surface area contributed by atoms with Crippen molar-refractivity contribution in [3.05, 3.63) is 78.9 Å². The standard InChI is InChI=1S/C19H13.C2H6Si.2ClH.Zr/c1-2-10-16-14(6-1)8-4-12-18(16)19-13-5-9-15-7-3-11-17(15)19;1-3-2;;;/h1-13H;1-2H3;2*1H;/q-1;;;;+2/p-2. The maximum atomic E-state index is 2.31. The first kappa shape index (κ1) is 22.3. The third-order valence-electron chi connectivity index (χ3n) is 3.76. The van der Waals surface area contributed by atoms with Gasteiger partial charge in [-0.3, -0.25) is 0 Å². The second-order valence-corrected chi connectivity index (χ2v) is 15.2. The van der Waals surface area contributed by atoms with Gasteiger partial charge in [-0.25, -0.2) is 0 Å². The van der Waals surface area contributed by atoms with E-state index in [1.165, 1.54) is 32.7 Å². The van der Waals surface area contributed by atoms with E-state index in [0.717, 1.165) is 0 Å². The van der Waals surface area contributed by atoms with Gasteiger partial charge >= 0.3 is 41.9 Å². The van der Waals surface area contributed by atoms with Crippen LogP contribution in [-0.4, -0.2) is 5.43 Å². The largest absolute Gasteiger partial charge is 1.00 e. The van der Waals surface area contributed by atoms with Crippen LogP contribution in [0.2, 0.25) is 13.1 Å². The molecule has 0 radical (unpaired) electrons. The van der Waals surface area contributed by atoms with E-state index in [-0.39, 0.29) is 30.2 Å². The van der Waals surface area contributed by atoms with Crippen molar-refractivity contribution in [1.29, 1.82) is 0 Å². The summed E-state index contributed by atoms with van der Waals surface area (Å²) in [5.74, 6) is 0. The topological polar surface area (TPSA) is 0 Å². The summed E-state index contributed by atoms with van der Waals surface area (Å²) < 4.78 is 0. The van der Waals surface area contributed by atoms with Gasteiger partial charge in [0.25, 0.3) is 0 Å². The van der Waals surface area contributed by atoms with E-state index in [4.69, 9.17) is 0 Å². The molecule has 0 atom stereocenters. The molecule has 0 bridgehead atoms. The summed E-state index contributed by atoms with van der Waals surface area (Å²) in [6.45, 7) is 4.62. The predicted molar refractivity (Wildman–Crippen MR) is 100.0 cm³/mol. The summed E-state index contributed by atoms with van der Waals surface area (Å²) in [6, 6.07) is 28.1. The number of fused-ring (bicyclic) bond motifs is 2. The van der Waals surface area contributed by atoms with Gasteiger partial charge in [-0.15, -0.1) is 29.0 Å². The van der Waals surface area contributed by atoms with Crippen molar-refractivity contribution in [3.63, 3.8) is 0 Å². The first-order valence-corrected chi connectivity index (χ1v) is 14.0. The van der Waals surface area contributed by atoms with E-state index < -0.39 is 0 Å². The number of halogens is 2. The van der Waals surface area contributed by atoms with Crippen LogP contribution in [0.3, 0.4) is 0 Å². The van der Waals surface area contributed by atoms with Gasteiger partial charge < -0.3 is 24.8 Å². The van der Waals surface area contributed by atoms with Crippen molar-refractivity contribution < 1.29 is 48.1 Å². The normalized spacial score (nSPS) is 9.60. The first-order chi connectivity index (χ1) is 11.2. The predicted octanol–water partition coefficient (Wildman–Crippen LogP) is 0.171. The van der Waals surface area contributed by atoms with Gasteiger partial charge in [0.05, 0.1) is 0 Å². The molecule has 0 amide bonds. The molecule has 0 aliphatic carbocycles. The van der Waals surface area contributed by atoms with E-state index in [2.05, 4.69) is 92.0 Å². The van der Waals surface area contributed by atoms with Gasteiger partial charge in [0.1, 0.15) is 0 Å². The Balaban J connectivity index is 0.000000476. The Labute approximate surface area is 177 Å². The number of rotatable bonds is 1. The van der Waals surface area contributed by atoms with Crippen LogP contribution in [0.25, 0.3) is 32.7 Å². The van der Waals surface area contributed by atoms with Crippen LogP contribution >= 0.6 is 0 Å². The van der Waals surface area contributed by atoms with Crippen molar-refractivity contribution in [1.82, 2.24) is 0 Å². The van der Waals surface area contributed by atoms with Gasteiger partial charge in [-0.1, -0.05) is 54.1 Å². The monoisotopic (exact) mass is 459 g/mol. The molecule has 4 aromatic rings. The summed E-state index contributed by atoms with van der Waals surface area (Å²) in [4.78, 5) is 0. The molecule has 0 unspecified atom stereocenters. The SMILES string of the molecule is C[Si](C)=[Zr+2].[Cl-].[Cl-].c1ccc2c(-c3cccc4[cH-]ccc34)cccc2c1. The average molecular weight is 462 g/mol. The molecule has 0 heterocycles. The van der Waals surface area contributed by atoms with E-state index in [1.807, 2.05) is 0 Å². The summed E-state index contributed by atoms with van der Waals surface area (Å²) >= 11 is 1.74. The maximum Gasteiger partial charge on any atom is -0.0114 e. The van der Waals surface area contributed by atoms with Crippen LogP contribution in [0.1, 0.15) is 0 Å². The van der Waals surface area contributed by atoms with Crippen molar-refractivity contribution in [3.8, 4) is 11.1 Å². The van der Waals surface area contributed by atoms with E-state index in [0.29, 0.717) is 0 Å². The van der Waals surface area contributed by atoms with Crippen LogP contribution < -0.4 is 24.8 Å². The van der Waals surface area contributed by atoms with Crippen molar-refractivity contribution in [2.45, 2.75) is 13.1 Å². The maximum absolute atomic E-state index is 2.31. The molecule has 25 heavy (non-hydrogen) atoms. The third kappa shape index (κ3) is 5.34. The summed E-state index contributed by atoms with van der Waals surface area (Å²) in [5.41, 5.74) is 2.84. The zero-order valence-corrected chi connectivity index (χ0v) is 19.2.